The van der Waals surface area contributed by atoms with E-state index >= 15 is 0 Å². The van der Waals surface area contributed by atoms with Gasteiger partial charge in [-0.05, 0) is 45.6 Å². The van der Waals surface area contributed by atoms with Crippen LogP contribution in [0.4, 0.5) is 10.1 Å². The molecule has 0 saturated carbocycles. The van der Waals surface area contributed by atoms with E-state index in [0.29, 0.717) is 10.2 Å². The minimum atomic E-state index is -3.85. The molecule has 0 amide bonds. The van der Waals surface area contributed by atoms with E-state index in [-0.39, 0.29) is 17.0 Å². The molecule has 23 heavy (non-hydrogen) atoms. The topological polar surface area (TPSA) is 55.2 Å². The monoisotopic (exact) mass is 403 g/mol. The van der Waals surface area contributed by atoms with Crippen molar-refractivity contribution in [3.05, 3.63) is 40.8 Å². The number of hydrogen-bond acceptors (Lipinski definition) is 3. The van der Waals surface area contributed by atoms with Crippen molar-refractivity contribution in [1.82, 2.24) is 9.78 Å². The van der Waals surface area contributed by atoms with Crippen molar-refractivity contribution in [3.8, 4) is 0 Å². The average Bonchev–Trinajstić information content (AvgIpc) is 2.76. The highest BCUT2D eigenvalue weighted by atomic mass is 79.9. The van der Waals surface area contributed by atoms with Crippen LogP contribution < -0.4 is 4.31 Å². The van der Waals surface area contributed by atoms with E-state index in [1.807, 2.05) is 20.8 Å². The predicted molar refractivity (Wildman–Crippen MR) is 91.3 cm³/mol. The Morgan fingerprint density at radius 2 is 1.83 bits per heavy atom. The van der Waals surface area contributed by atoms with Crippen LogP contribution in [-0.2, 0) is 17.1 Å². The summed E-state index contributed by atoms with van der Waals surface area (Å²) in [6.07, 6.45) is 1.44. The number of hydrogen-bond donors (Lipinski definition) is 0. The Morgan fingerprint density at radius 3 is 2.26 bits per heavy atom. The molecule has 0 atom stereocenters. The third kappa shape index (κ3) is 3.92. The maximum Gasteiger partial charge on any atom is 0.282 e. The highest BCUT2D eigenvalue weighted by Gasteiger charge is 2.33. The highest BCUT2D eigenvalue weighted by Crippen LogP contribution is 2.31. The Hall–Kier alpha value is -1.41. The van der Waals surface area contributed by atoms with Crippen molar-refractivity contribution < 1.29 is 12.8 Å². The highest BCUT2D eigenvalue weighted by molar-refractivity contribution is 9.10. The van der Waals surface area contributed by atoms with Crippen LogP contribution in [0.2, 0.25) is 0 Å². The summed E-state index contributed by atoms with van der Waals surface area (Å²) in [5, 5.41) is 4.03. The van der Waals surface area contributed by atoms with Gasteiger partial charge in [0.15, 0.2) is 5.03 Å². The maximum absolute atomic E-state index is 13.2. The molecular formula is C15H19BrFN3O2S. The van der Waals surface area contributed by atoms with Crippen LogP contribution >= 0.6 is 15.9 Å². The zero-order valence-corrected chi connectivity index (χ0v) is 15.8. The van der Waals surface area contributed by atoms with E-state index in [9.17, 15) is 12.8 Å². The fraction of sp³-hybridized carbons (Fsp3) is 0.400. The molecule has 0 saturated heterocycles. The third-order valence-corrected chi connectivity index (χ3v) is 5.85. The van der Waals surface area contributed by atoms with Gasteiger partial charge in [0.1, 0.15) is 5.82 Å². The molecule has 126 valence electrons. The molecule has 0 spiro atoms. The van der Waals surface area contributed by atoms with Gasteiger partial charge in [0.2, 0.25) is 0 Å². The van der Waals surface area contributed by atoms with Crippen LogP contribution in [0.15, 0.2) is 40.0 Å². The predicted octanol–water partition coefficient (Wildman–Crippen LogP) is 3.56. The smallest absolute Gasteiger partial charge is 0.265 e. The minimum Gasteiger partial charge on any atom is -0.265 e. The number of benzene rings is 1. The molecule has 2 rings (SSSR count). The van der Waals surface area contributed by atoms with Crippen molar-refractivity contribution in [3.63, 3.8) is 0 Å². The first kappa shape index (κ1) is 17.9. The van der Waals surface area contributed by atoms with Gasteiger partial charge in [-0.25, -0.2) is 4.39 Å². The van der Waals surface area contributed by atoms with Gasteiger partial charge in [-0.2, -0.15) is 13.5 Å². The van der Waals surface area contributed by atoms with E-state index < -0.39 is 15.8 Å². The molecule has 8 heteroatoms. The van der Waals surface area contributed by atoms with E-state index in [0.717, 1.165) is 0 Å². The second kappa shape index (κ2) is 6.24. The van der Waals surface area contributed by atoms with Crippen molar-refractivity contribution >= 4 is 31.6 Å². The molecule has 0 radical (unpaired) electrons. The average molecular weight is 404 g/mol. The second-order valence-electron chi connectivity index (χ2n) is 6.47. The fourth-order valence-corrected chi connectivity index (χ4v) is 4.95. The lowest BCUT2D eigenvalue weighted by Gasteiger charge is -2.31. The van der Waals surface area contributed by atoms with E-state index in [2.05, 4.69) is 21.0 Å². The summed E-state index contributed by atoms with van der Waals surface area (Å²) in [5.41, 5.74) is 0.126. The first-order valence-electron chi connectivity index (χ1n) is 6.98. The van der Waals surface area contributed by atoms with E-state index in [1.54, 1.807) is 7.05 Å². The van der Waals surface area contributed by atoms with Crippen LogP contribution in [0.5, 0.6) is 0 Å². The molecule has 0 bridgehead atoms. The Kier molecular flexibility index (Phi) is 4.86. The van der Waals surface area contributed by atoms with E-state index in [4.69, 9.17) is 0 Å². The zero-order valence-electron chi connectivity index (χ0n) is 13.4. The lowest BCUT2D eigenvalue weighted by Crippen LogP contribution is -2.38. The molecular weight excluding hydrogens is 385 g/mol. The molecule has 0 fully saturated rings. The molecule has 2 aromatic rings. The van der Waals surface area contributed by atoms with Crippen LogP contribution in [0.25, 0.3) is 0 Å². The van der Waals surface area contributed by atoms with Crippen molar-refractivity contribution in [2.75, 3.05) is 10.8 Å². The van der Waals surface area contributed by atoms with Gasteiger partial charge in [0.05, 0.1) is 16.4 Å². The first-order valence-corrected chi connectivity index (χ1v) is 9.21. The summed E-state index contributed by atoms with van der Waals surface area (Å²) in [6, 6.07) is 5.42. The number of sulfonamides is 1. The Bertz CT molecular complexity index is 776. The number of rotatable bonds is 4. The summed E-state index contributed by atoms with van der Waals surface area (Å²) in [6.45, 7) is 6.07. The largest absolute Gasteiger partial charge is 0.282 e. The molecule has 1 aromatic heterocycles. The van der Waals surface area contributed by atoms with Gasteiger partial charge in [0, 0.05) is 13.6 Å². The molecule has 5 nitrogen and oxygen atoms in total. The SMILES string of the molecule is Cn1ncc(Br)c1S(=O)(=O)N(CC(C)(C)C)c1ccc(F)cc1. The van der Waals surface area contributed by atoms with Gasteiger partial charge in [-0.15, -0.1) is 0 Å². The summed E-state index contributed by atoms with van der Waals surface area (Å²) in [7, 11) is -2.29. The molecule has 0 aliphatic heterocycles. The molecule has 0 aliphatic carbocycles. The number of anilines is 1. The molecule has 1 aromatic carbocycles. The second-order valence-corrected chi connectivity index (χ2v) is 9.10. The first-order chi connectivity index (χ1) is 10.5. The summed E-state index contributed by atoms with van der Waals surface area (Å²) >= 11 is 3.24. The maximum atomic E-state index is 13.2. The fourth-order valence-electron chi connectivity index (χ4n) is 2.15. The standard InChI is InChI=1S/C15H19BrFN3O2S/c1-15(2,3)10-20(12-7-5-11(17)6-8-12)23(21,22)14-13(16)9-18-19(14)4/h5-9H,10H2,1-4H3. The Morgan fingerprint density at radius 1 is 1.26 bits per heavy atom. The number of aryl methyl sites for hydroxylation is 1. The Labute approximate surface area is 144 Å². The van der Waals surface area contributed by atoms with Gasteiger partial charge in [-0.3, -0.25) is 8.99 Å². The number of halogens is 2. The minimum absolute atomic E-state index is 0.0612. The van der Waals surface area contributed by atoms with Crippen LogP contribution in [0, 0.1) is 11.2 Å². The molecule has 0 aliphatic rings. The zero-order chi connectivity index (χ0) is 17.4. The van der Waals surface area contributed by atoms with Crippen LogP contribution in [-0.4, -0.2) is 24.7 Å². The summed E-state index contributed by atoms with van der Waals surface area (Å²) in [4.78, 5) is 0. The lowest BCUT2D eigenvalue weighted by atomic mass is 9.97. The van der Waals surface area contributed by atoms with Crippen LogP contribution in [0.1, 0.15) is 20.8 Å². The summed E-state index contributed by atoms with van der Waals surface area (Å²) in [5.74, 6) is -0.413. The Balaban J connectivity index is 2.59. The lowest BCUT2D eigenvalue weighted by molar-refractivity contribution is 0.425. The molecule has 1 heterocycles. The van der Waals surface area contributed by atoms with Gasteiger partial charge >= 0.3 is 0 Å². The normalized spacial score (nSPS) is 12.4. The quantitative estimate of drug-likeness (QED) is 0.783. The number of nitrogens with zero attached hydrogens (tertiary/aromatic N) is 3. The van der Waals surface area contributed by atoms with Crippen molar-refractivity contribution in [2.24, 2.45) is 12.5 Å². The van der Waals surface area contributed by atoms with Crippen molar-refractivity contribution in [1.29, 1.82) is 0 Å². The molecule has 0 N–H and O–H groups in total. The van der Waals surface area contributed by atoms with Gasteiger partial charge in [-0.1, -0.05) is 20.8 Å². The van der Waals surface area contributed by atoms with Gasteiger partial charge in [0.25, 0.3) is 10.0 Å². The van der Waals surface area contributed by atoms with Gasteiger partial charge < -0.3 is 0 Å². The third-order valence-electron chi connectivity index (χ3n) is 3.11. The van der Waals surface area contributed by atoms with E-state index in [1.165, 1.54) is 39.4 Å². The summed E-state index contributed by atoms with van der Waals surface area (Å²) < 4.78 is 42.5. The van der Waals surface area contributed by atoms with Crippen LogP contribution in [0.3, 0.4) is 0 Å². The number of aromatic nitrogens is 2. The molecule has 0 unspecified atom stereocenters. The van der Waals surface area contributed by atoms with Crippen molar-refractivity contribution in [2.45, 2.75) is 25.8 Å².